The van der Waals surface area contributed by atoms with Crippen molar-refractivity contribution in [3.05, 3.63) is 83.7 Å². The van der Waals surface area contributed by atoms with Gasteiger partial charge < -0.3 is 14.5 Å². The van der Waals surface area contributed by atoms with Gasteiger partial charge in [0.1, 0.15) is 11.4 Å². The summed E-state index contributed by atoms with van der Waals surface area (Å²) in [4.78, 5) is 38.7. The van der Waals surface area contributed by atoms with Crippen LogP contribution in [0.1, 0.15) is 60.9 Å². The number of fused-ring (bicyclic) bond motifs is 2. The minimum Gasteiger partial charge on any atom is -0.356 e. The van der Waals surface area contributed by atoms with Gasteiger partial charge >= 0.3 is 0 Å². The molecule has 0 spiro atoms. The van der Waals surface area contributed by atoms with Gasteiger partial charge in [-0.15, -0.1) is 0 Å². The Labute approximate surface area is 247 Å². The molecule has 1 aromatic carbocycles. The Morgan fingerprint density at radius 1 is 1.07 bits per heavy atom. The summed E-state index contributed by atoms with van der Waals surface area (Å²) < 4.78 is 3.87. The summed E-state index contributed by atoms with van der Waals surface area (Å²) in [5.41, 5.74) is 2.14. The van der Waals surface area contributed by atoms with E-state index < -0.39 is 5.54 Å². The molecule has 2 bridgehead atoms. The van der Waals surface area contributed by atoms with Gasteiger partial charge in [-0.2, -0.15) is 5.26 Å². The van der Waals surface area contributed by atoms with Gasteiger partial charge in [-0.05, 0) is 66.2 Å². The predicted octanol–water partition coefficient (Wildman–Crippen LogP) is 4.02. The number of nitrogens with one attached hydrogen (secondary N) is 1. The number of ketones is 1. The molecule has 2 aromatic heterocycles. The largest absolute Gasteiger partial charge is 0.356 e. The van der Waals surface area contributed by atoms with Crippen LogP contribution < -0.4 is 5.32 Å². The molecular formula is C33H39N7O2. The number of amides is 1. The van der Waals surface area contributed by atoms with Crippen LogP contribution in [0.2, 0.25) is 0 Å². The monoisotopic (exact) mass is 565 g/mol. The molecule has 1 saturated heterocycles. The number of carbonyl (C=O) groups is 2. The van der Waals surface area contributed by atoms with Gasteiger partial charge in [-0.25, -0.2) is 9.97 Å². The Hall–Kier alpha value is -4.19. The lowest BCUT2D eigenvalue weighted by Gasteiger charge is -2.62. The highest BCUT2D eigenvalue weighted by atomic mass is 16.2. The highest BCUT2D eigenvalue weighted by Crippen LogP contribution is 2.63. The molecule has 1 N–H and O–H groups in total. The fraction of sp³-hybridized carbons (Fsp3) is 0.485. The molecule has 4 aliphatic rings. The zero-order chi connectivity index (χ0) is 29.8. The maximum atomic E-state index is 14.7. The summed E-state index contributed by atoms with van der Waals surface area (Å²) in [5, 5.41) is 12.8. The second-order valence-electron chi connectivity index (χ2n) is 13.3. The summed E-state index contributed by atoms with van der Waals surface area (Å²) in [6.07, 6.45) is 11.8. The molecule has 9 heteroatoms. The van der Waals surface area contributed by atoms with E-state index in [9.17, 15) is 14.9 Å². The number of benzene rings is 1. The molecule has 42 heavy (non-hydrogen) atoms. The number of carbonyl (C=O) groups excluding carboxylic acids is 2. The van der Waals surface area contributed by atoms with Gasteiger partial charge in [0.2, 0.25) is 0 Å². The SMILES string of the molecule is CC1C(CN2C(=O)C(Cc3cncn3C)(Cc3cncn3C)NC2=CC(=O)c2ccc(C#N)cc2)CC2CC1C2(C)C. The summed E-state index contributed by atoms with van der Waals surface area (Å²) >= 11 is 0. The lowest BCUT2D eigenvalue weighted by atomic mass is 9.43. The van der Waals surface area contributed by atoms with Crippen molar-refractivity contribution in [2.75, 3.05) is 6.54 Å². The second kappa shape index (κ2) is 10.3. The van der Waals surface area contributed by atoms with E-state index in [0.717, 1.165) is 17.8 Å². The number of imidazole rings is 2. The lowest BCUT2D eigenvalue weighted by Crippen LogP contribution is -2.57. The van der Waals surface area contributed by atoms with Crippen molar-refractivity contribution in [1.29, 1.82) is 5.26 Å². The molecular weight excluding hydrogens is 526 g/mol. The standard InChI is InChI=1S/C33H39N7O2/c1-21-24(10-25-11-28(21)32(25,2)3)18-40-30(12-29(41)23-8-6-22(15-34)7-9-23)37-33(31(40)42,13-26-16-35-19-38(26)4)14-27-17-36-20-39(27)5/h6-9,12,16-17,19-21,24-25,28,37H,10-11,13-14,18H2,1-5H3. The first-order valence-corrected chi connectivity index (χ1v) is 14.8. The maximum absolute atomic E-state index is 14.7. The molecule has 3 saturated carbocycles. The first-order valence-electron chi connectivity index (χ1n) is 14.8. The maximum Gasteiger partial charge on any atom is 0.254 e. The van der Waals surface area contributed by atoms with Crippen LogP contribution in [0.3, 0.4) is 0 Å². The van der Waals surface area contributed by atoms with Crippen LogP contribution in [-0.4, -0.2) is 47.8 Å². The molecule has 1 amide bonds. The Kier molecular flexibility index (Phi) is 6.83. The third kappa shape index (κ3) is 4.63. The predicted molar refractivity (Wildman–Crippen MR) is 158 cm³/mol. The minimum absolute atomic E-state index is 0.0329. The number of rotatable bonds is 8. The first-order chi connectivity index (χ1) is 20.0. The van der Waals surface area contributed by atoms with E-state index in [1.807, 2.05) is 28.1 Å². The topological polar surface area (TPSA) is 109 Å². The average Bonchev–Trinajstić information content (AvgIpc) is 3.63. The van der Waals surface area contributed by atoms with Crippen molar-refractivity contribution in [3.8, 4) is 6.07 Å². The number of allylic oxidation sites excluding steroid dienone is 1. The van der Waals surface area contributed by atoms with E-state index in [-0.39, 0.29) is 11.7 Å². The summed E-state index contributed by atoms with van der Waals surface area (Å²) in [7, 11) is 3.86. The van der Waals surface area contributed by atoms with Gasteiger partial charge in [-0.1, -0.05) is 20.8 Å². The lowest BCUT2D eigenvalue weighted by molar-refractivity contribution is -0.142. The summed E-state index contributed by atoms with van der Waals surface area (Å²) in [6, 6.07) is 8.71. The van der Waals surface area contributed by atoms with Crippen molar-refractivity contribution >= 4 is 11.7 Å². The number of aromatic nitrogens is 4. The fourth-order valence-electron chi connectivity index (χ4n) is 7.71. The minimum atomic E-state index is -1.02. The van der Waals surface area contributed by atoms with Crippen molar-refractivity contribution in [2.45, 2.75) is 52.0 Å². The quantitative estimate of drug-likeness (QED) is 0.326. The van der Waals surface area contributed by atoms with E-state index in [1.54, 1.807) is 55.4 Å². The smallest absolute Gasteiger partial charge is 0.254 e. The van der Waals surface area contributed by atoms with Gasteiger partial charge in [0.05, 0.1) is 24.3 Å². The molecule has 4 fully saturated rings. The number of hydrogen-bond donors (Lipinski definition) is 1. The normalized spacial score (nSPS) is 26.5. The van der Waals surface area contributed by atoms with Crippen LogP contribution in [0.4, 0.5) is 0 Å². The molecule has 3 heterocycles. The zero-order valence-electron chi connectivity index (χ0n) is 25.0. The van der Waals surface area contributed by atoms with E-state index in [2.05, 4.69) is 42.1 Å². The fourth-order valence-corrected chi connectivity index (χ4v) is 7.71. The molecule has 218 valence electrons. The van der Waals surface area contributed by atoms with Gasteiger partial charge in [0, 0.05) is 68.9 Å². The molecule has 9 nitrogen and oxygen atoms in total. The molecule has 0 radical (unpaired) electrons. The zero-order valence-corrected chi connectivity index (χ0v) is 25.0. The summed E-state index contributed by atoms with van der Waals surface area (Å²) in [6.45, 7) is 7.68. The molecule has 1 aliphatic heterocycles. The van der Waals surface area contributed by atoms with Gasteiger partial charge in [0.15, 0.2) is 5.78 Å². The van der Waals surface area contributed by atoms with Crippen LogP contribution in [0.5, 0.6) is 0 Å². The number of aryl methyl sites for hydroxylation is 2. The van der Waals surface area contributed by atoms with Crippen LogP contribution in [0.25, 0.3) is 0 Å². The molecule has 7 rings (SSSR count). The van der Waals surface area contributed by atoms with E-state index in [4.69, 9.17) is 0 Å². The highest BCUT2D eigenvalue weighted by molar-refractivity contribution is 6.06. The van der Waals surface area contributed by atoms with Gasteiger partial charge in [-0.3, -0.25) is 14.5 Å². The number of nitrogens with zero attached hydrogens (tertiary/aromatic N) is 6. The molecule has 4 atom stereocenters. The second-order valence-corrected chi connectivity index (χ2v) is 13.3. The van der Waals surface area contributed by atoms with Crippen LogP contribution in [-0.2, 0) is 31.7 Å². The third-order valence-electron chi connectivity index (χ3n) is 10.6. The average molecular weight is 566 g/mol. The van der Waals surface area contributed by atoms with E-state index in [1.165, 1.54) is 6.42 Å². The number of nitriles is 1. The van der Waals surface area contributed by atoms with E-state index >= 15 is 0 Å². The van der Waals surface area contributed by atoms with Crippen LogP contribution in [0.15, 0.2) is 61.2 Å². The highest BCUT2D eigenvalue weighted by Gasteiger charge is 2.58. The van der Waals surface area contributed by atoms with Crippen molar-refractivity contribution in [3.63, 3.8) is 0 Å². The first kappa shape index (κ1) is 28.0. The summed E-state index contributed by atoms with van der Waals surface area (Å²) in [5.74, 6) is 2.43. The van der Waals surface area contributed by atoms with Gasteiger partial charge in [0.25, 0.3) is 5.91 Å². The molecule has 3 aromatic rings. The Balaban J connectivity index is 1.39. The van der Waals surface area contributed by atoms with Crippen molar-refractivity contribution < 1.29 is 9.59 Å². The van der Waals surface area contributed by atoms with Crippen LogP contribution >= 0.6 is 0 Å². The number of hydrogen-bond acceptors (Lipinski definition) is 6. The van der Waals surface area contributed by atoms with E-state index in [0.29, 0.717) is 65.4 Å². The third-order valence-corrected chi connectivity index (χ3v) is 10.6. The Morgan fingerprint density at radius 3 is 2.19 bits per heavy atom. The Morgan fingerprint density at radius 2 is 1.69 bits per heavy atom. The molecule has 4 unspecified atom stereocenters. The van der Waals surface area contributed by atoms with Crippen molar-refractivity contribution in [2.24, 2.45) is 43.2 Å². The van der Waals surface area contributed by atoms with Crippen LogP contribution in [0, 0.1) is 40.4 Å². The van der Waals surface area contributed by atoms with Crippen molar-refractivity contribution in [1.82, 2.24) is 29.3 Å². The Bertz CT molecular complexity index is 1550. The molecule has 3 aliphatic carbocycles.